The van der Waals surface area contributed by atoms with Crippen LogP contribution in [0.15, 0.2) is 51.8 Å². The van der Waals surface area contributed by atoms with Crippen LogP contribution in [0.5, 0.6) is 0 Å². The minimum absolute atomic E-state index is 0.112. The second-order valence-electron chi connectivity index (χ2n) is 4.49. The number of rotatable bonds is 2. The Kier molecular flexibility index (Phi) is 3.55. The molecule has 21 heavy (non-hydrogen) atoms. The third-order valence-corrected chi connectivity index (χ3v) is 6.11. The number of aromatic nitrogens is 2. The van der Waals surface area contributed by atoms with Crippen molar-refractivity contribution in [1.29, 1.82) is 0 Å². The van der Waals surface area contributed by atoms with Crippen LogP contribution in [0.3, 0.4) is 0 Å². The second kappa shape index (κ2) is 5.12. The Bertz CT molecular complexity index is 951. The average Bonchev–Trinajstić information content (AvgIpc) is 2.77. The lowest BCUT2D eigenvalue weighted by atomic mass is 10.3. The fraction of sp³-hybridized carbons (Fsp3) is 0.0714. The first-order valence-corrected chi connectivity index (χ1v) is 8.67. The third-order valence-electron chi connectivity index (χ3n) is 3.09. The SMILES string of the molecule is Cc1nc2ccccc2n1S(=O)(=O)c1cc(Cl)ccc1Br. The lowest BCUT2D eigenvalue weighted by Gasteiger charge is -2.10. The van der Waals surface area contributed by atoms with E-state index in [9.17, 15) is 8.42 Å². The van der Waals surface area contributed by atoms with Gasteiger partial charge in [-0.25, -0.2) is 17.4 Å². The van der Waals surface area contributed by atoms with Crippen LogP contribution in [0.1, 0.15) is 5.82 Å². The van der Waals surface area contributed by atoms with Gasteiger partial charge >= 0.3 is 0 Å². The van der Waals surface area contributed by atoms with Gasteiger partial charge in [-0.1, -0.05) is 23.7 Å². The summed E-state index contributed by atoms with van der Waals surface area (Å²) in [5.74, 6) is 0.406. The minimum Gasteiger partial charge on any atom is -0.232 e. The highest BCUT2D eigenvalue weighted by molar-refractivity contribution is 9.10. The van der Waals surface area contributed by atoms with Crippen molar-refractivity contribution in [3.05, 3.63) is 57.8 Å². The maximum Gasteiger partial charge on any atom is 0.270 e. The molecule has 0 aliphatic heterocycles. The van der Waals surface area contributed by atoms with Crippen molar-refractivity contribution in [1.82, 2.24) is 8.96 Å². The molecule has 2 aromatic carbocycles. The molecule has 0 aliphatic rings. The molecule has 7 heteroatoms. The van der Waals surface area contributed by atoms with E-state index in [0.29, 0.717) is 26.4 Å². The van der Waals surface area contributed by atoms with Gasteiger partial charge in [0.05, 0.1) is 11.0 Å². The van der Waals surface area contributed by atoms with Crippen molar-refractivity contribution in [2.45, 2.75) is 11.8 Å². The normalized spacial score (nSPS) is 12.0. The van der Waals surface area contributed by atoms with Gasteiger partial charge in [-0.05, 0) is 53.2 Å². The minimum atomic E-state index is -3.78. The topological polar surface area (TPSA) is 52.0 Å². The first-order valence-electron chi connectivity index (χ1n) is 6.06. The standard InChI is InChI=1S/C14H10BrClN2O2S/c1-9-17-12-4-2-3-5-13(12)18(9)21(19,20)14-8-10(16)6-7-11(14)15/h2-8H,1H3. The number of benzene rings is 2. The molecule has 0 spiro atoms. The van der Waals surface area contributed by atoms with Crippen LogP contribution in [0, 0.1) is 6.92 Å². The summed E-state index contributed by atoms with van der Waals surface area (Å²) in [7, 11) is -3.78. The summed E-state index contributed by atoms with van der Waals surface area (Å²) in [6, 6.07) is 11.8. The molecule has 0 N–H and O–H groups in total. The van der Waals surface area contributed by atoms with Gasteiger partial charge in [-0.2, -0.15) is 0 Å². The summed E-state index contributed by atoms with van der Waals surface area (Å²) >= 11 is 9.20. The summed E-state index contributed by atoms with van der Waals surface area (Å²) in [5.41, 5.74) is 1.18. The van der Waals surface area contributed by atoms with E-state index in [0.717, 1.165) is 0 Å². The first kappa shape index (κ1) is 14.6. The maximum absolute atomic E-state index is 12.9. The van der Waals surface area contributed by atoms with Gasteiger partial charge in [0, 0.05) is 9.50 Å². The lowest BCUT2D eigenvalue weighted by Crippen LogP contribution is -2.15. The van der Waals surface area contributed by atoms with E-state index in [1.54, 1.807) is 37.3 Å². The van der Waals surface area contributed by atoms with E-state index in [-0.39, 0.29) is 4.90 Å². The van der Waals surface area contributed by atoms with Gasteiger partial charge in [0.1, 0.15) is 10.7 Å². The number of nitrogens with zero attached hydrogens (tertiary/aromatic N) is 2. The van der Waals surface area contributed by atoms with E-state index >= 15 is 0 Å². The Morgan fingerprint density at radius 2 is 1.90 bits per heavy atom. The highest BCUT2D eigenvalue weighted by Crippen LogP contribution is 2.30. The van der Waals surface area contributed by atoms with Crippen LogP contribution >= 0.6 is 27.5 Å². The Morgan fingerprint density at radius 1 is 1.19 bits per heavy atom. The van der Waals surface area contributed by atoms with Crippen molar-refractivity contribution in [3.8, 4) is 0 Å². The Balaban J connectivity index is 2.35. The molecule has 1 aromatic heterocycles. The van der Waals surface area contributed by atoms with Crippen molar-refractivity contribution >= 4 is 48.6 Å². The number of imidazole rings is 1. The smallest absolute Gasteiger partial charge is 0.232 e. The number of fused-ring (bicyclic) bond motifs is 1. The average molecular weight is 386 g/mol. The number of hydrogen-bond acceptors (Lipinski definition) is 3. The summed E-state index contributed by atoms with van der Waals surface area (Å²) in [5, 5.41) is 0.360. The van der Waals surface area contributed by atoms with Crippen LogP contribution in [-0.2, 0) is 10.0 Å². The van der Waals surface area contributed by atoms with Crippen LogP contribution in [-0.4, -0.2) is 17.4 Å². The van der Waals surface area contributed by atoms with Gasteiger partial charge in [0.15, 0.2) is 0 Å². The molecule has 0 atom stereocenters. The molecule has 0 unspecified atom stereocenters. The molecule has 108 valence electrons. The molecular weight excluding hydrogens is 376 g/mol. The molecule has 0 radical (unpaired) electrons. The molecule has 3 rings (SSSR count). The summed E-state index contributed by atoms with van der Waals surface area (Å²) < 4.78 is 27.6. The number of halogens is 2. The predicted octanol–water partition coefficient (Wildman–Crippen LogP) is 4.00. The van der Waals surface area contributed by atoms with Crippen LogP contribution < -0.4 is 0 Å². The zero-order chi connectivity index (χ0) is 15.2. The fourth-order valence-electron chi connectivity index (χ4n) is 2.20. The van der Waals surface area contributed by atoms with E-state index in [4.69, 9.17) is 11.6 Å². The van der Waals surface area contributed by atoms with Crippen LogP contribution in [0.2, 0.25) is 5.02 Å². The summed E-state index contributed by atoms with van der Waals surface area (Å²) in [6.45, 7) is 1.66. The fourth-order valence-corrected chi connectivity index (χ4v) is 4.89. The zero-order valence-electron chi connectivity index (χ0n) is 10.9. The highest BCUT2D eigenvalue weighted by atomic mass is 79.9. The Hall–Kier alpha value is -1.37. The summed E-state index contributed by atoms with van der Waals surface area (Å²) in [6.07, 6.45) is 0. The zero-order valence-corrected chi connectivity index (χ0v) is 14.1. The molecule has 1 heterocycles. The Morgan fingerprint density at radius 3 is 2.67 bits per heavy atom. The largest absolute Gasteiger partial charge is 0.270 e. The van der Waals surface area contributed by atoms with E-state index in [1.165, 1.54) is 10.0 Å². The molecule has 0 amide bonds. The Labute approximate surface area is 135 Å². The molecule has 4 nitrogen and oxygen atoms in total. The second-order valence-corrected chi connectivity index (χ2v) is 7.54. The van der Waals surface area contributed by atoms with E-state index in [1.807, 2.05) is 6.07 Å². The molecular formula is C14H10BrClN2O2S. The molecule has 0 fully saturated rings. The van der Waals surface area contributed by atoms with Gasteiger partial charge in [-0.15, -0.1) is 0 Å². The van der Waals surface area contributed by atoms with E-state index in [2.05, 4.69) is 20.9 Å². The van der Waals surface area contributed by atoms with Gasteiger partial charge in [0.25, 0.3) is 10.0 Å². The van der Waals surface area contributed by atoms with Gasteiger partial charge < -0.3 is 0 Å². The van der Waals surface area contributed by atoms with Crippen molar-refractivity contribution in [2.75, 3.05) is 0 Å². The van der Waals surface area contributed by atoms with Crippen molar-refractivity contribution in [3.63, 3.8) is 0 Å². The number of hydrogen-bond donors (Lipinski definition) is 0. The third kappa shape index (κ3) is 2.37. The predicted molar refractivity (Wildman–Crippen MR) is 86.2 cm³/mol. The molecule has 0 aliphatic carbocycles. The number of para-hydroxylation sites is 2. The van der Waals surface area contributed by atoms with Crippen LogP contribution in [0.25, 0.3) is 11.0 Å². The van der Waals surface area contributed by atoms with E-state index < -0.39 is 10.0 Å². The van der Waals surface area contributed by atoms with Crippen molar-refractivity contribution in [2.24, 2.45) is 0 Å². The molecule has 0 saturated carbocycles. The quantitative estimate of drug-likeness (QED) is 0.670. The van der Waals surface area contributed by atoms with Gasteiger partial charge in [0.2, 0.25) is 0 Å². The maximum atomic E-state index is 12.9. The number of aryl methyl sites for hydroxylation is 1. The highest BCUT2D eigenvalue weighted by Gasteiger charge is 2.24. The summed E-state index contributed by atoms with van der Waals surface area (Å²) in [4.78, 5) is 4.40. The molecule has 0 bridgehead atoms. The van der Waals surface area contributed by atoms with Gasteiger partial charge in [-0.3, -0.25) is 0 Å². The lowest BCUT2D eigenvalue weighted by molar-refractivity contribution is 0.587. The monoisotopic (exact) mass is 384 g/mol. The molecule has 3 aromatic rings. The molecule has 0 saturated heterocycles. The van der Waals surface area contributed by atoms with Crippen molar-refractivity contribution < 1.29 is 8.42 Å². The van der Waals surface area contributed by atoms with Crippen LogP contribution in [0.4, 0.5) is 0 Å². The first-order chi connectivity index (χ1) is 9.91.